The van der Waals surface area contributed by atoms with Gasteiger partial charge in [0, 0.05) is 25.1 Å². The smallest absolute Gasteiger partial charge is 0.267 e. The van der Waals surface area contributed by atoms with Gasteiger partial charge in [-0.05, 0) is 44.2 Å². The van der Waals surface area contributed by atoms with Crippen LogP contribution in [0.1, 0.15) is 40.4 Å². The molecule has 3 heterocycles. The highest BCUT2D eigenvalue weighted by Gasteiger charge is 2.24. The number of nitrogens with one attached hydrogen (secondary N) is 1. The van der Waals surface area contributed by atoms with Crippen molar-refractivity contribution in [1.82, 2.24) is 29.5 Å². The Morgan fingerprint density at radius 2 is 1.95 bits per heavy atom. The maximum Gasteiger partial charge on any atom is 0.267 e. The van der Waals surface area contributed by atoms with E-state index >= 15 is 0 Å². The van der Waals surface area contributed by atoms with Crippen molar-refractivity contribution in [2.24, 2.45) is 0 Å². The lowest BCUT2D eigenvalue weighted by Gasteiger charge is -2.20. The number of benzene rings is 2. The van der Waals surface area contributed by atoms with E-state index in [1.807, 2.05) is 30.3 Å². The largest absolute Gasteiger partial charge is 0.372 e. The zero-order valence-corrected chi connectivity index (χ0v) is 20.6. The molecular weight excluding hydrogens is 468 g/mol. The van der Waals surface area contributed by atoms with Gasteiger partial charge in [0.1, 0.15) is 18.0 Å². The standard InChI is InChI=1S/C28H24N6O3/c1-18-23(26-29-15-9-16-33(26)32-18)27(35)30-19(2)25-31-22-14-7-10-20(11-8-17-37-3)24(22)28(36)34(25)21-12-5-4-6-13-21/h4-7,9-10,12-16,19H,17H2,1-3H3,(H,30,35)/t19-/m0/s1. The summed E-state index contributed by atoms with van der Waals surface area (Å²) < 4.78 is 8.12. The minimum absolute atomic E-state index is 0.246. The van der Waals surface area contributed by atoms with E-state index in [0.29, 0.717) is 44.9 Å². The van der Waals surface area contributed by atoms with Crippen LogP contribution >= 0.6 is 0 Å². The molecule has 1 N–H and O–H groups in total. The molecule has 0 spiro atoms. The van der Waals surface area contributed by atoms with Crippen LogP contribution < -0.4 is 10.9 Å². The molecule has 0 aliphatic rings. The first kappa shape index (κ1) is 23.9. The van der Waals surface area contributed by atoms with Gasteiger partial charge >= 0.3 is 0 Å². The van der Waals surface area contributed by atoms with Crippen LogP contribution in [0.2, 0.25) is 0 Å². The molecule has 0 aliphatic carbocycles. The number of hydrogen-bond donors (Lipinski definition) is 1. The quantitative estimate of drug-likeness (QED) is 0.378. The zero-order valence-electron chi connectivity index (χ0n) is 20.6. The molecule has 0 radical (unpaired) electrons. The van der Waals surface area contributed by atoms with Gasteiger partial charge in [0.05, 0.1) is 28.3 Å². The lowest BCUT2D eigenvalue weighted by atomic mass is 10.1. The normalized spacial score (nSPS) is 11.8. The maximum absolute atomic E-state index is 13.9. The summed E-state index contributed by atoms with van der Waals surface area (Å²) >= 11 is 0. The lowest BCUT2D eigenvalue weighted by molar-refractivity contribution is 0.0938. The van der Waals surface area contributed by atoms with Crippen LogP contribution in [0.25, 0.3) is 22.2 Å². The molecule has 0 bridgehead atoms. The summed E-state index contributed by atoms with van der Waals surface area (Å²) in [7, 11) is 1.56. The zero-order chi connectivity index (χ0) is 25.9. The first-order chi connectivity index (χ1) is 18.0. The minimum Gasteiger partial charge on any atom is -0.372 e. The summed E-state index contributed by atoms with van der Waals surface area (Å²) in [4.78, 5) is 36.5. The molecule has 5 aromatic rings. The van der Waals surface area contributed by atoms with Crippen molar-refractivity contribution < 1.29 is 9.53 Å². The molecule has 0 fully saturated rings. The van der Waals surface area contributed by atoms with Crippen molar-refractivity contribution in [2.45, 2.75) is 19.9 Å². The third kappa shape index (κ3) is 4.46. The number of carbonyl (C=O) groups is 1. The van der Waals surface area contributed by atoms with E-state index in [1.165, 1.54) is 4.57 Å². The van der Waals surface area contributed by atoms with Crippen LogP contribution in [-0.2, 0) is 4.74 Å². The molecular formula is C28H24N6O3. The Labute approximate surface area is 212 Å². The van der Waals surface area contributed by atoms with Crippen molar-refractivity contribution in [2.75, 3.05) is 13.7 Å². The molecule has 37 heavy (non-hydrogen) atoms. The van der Waals surface area contributed by atoms with Gasteiger partial charge in [0.15, 0.2) is 5.65 Å². The number of aryl methyl sites for hydroxylation is 1. The monoisotopic (exact) mass is 492 g/mol. The number of hydrogen-bond acceptors (Lipinski definition) is 6. The molecule has 0 saturated carbocycles. The minimum atomic E-state index is -0.619. The summed E-state index contributed by atoms with van der Waals surface area (Å²) in [5.41, 5.74) is 2.79. The summed E-state index contributed by atoms with van der Waals surface area (Å²) in [6.07, 6.45) is 3.35. The Bertz CT molecular complexity index is 1740. The lowest BCUT2D eigenvalue weighted by Crippen LogP contribution is -2.33. The number of methoxy groups -OCH3 is 1. The van der Waals surface area contributed by atoms with Crippen LogP contribution in [0.3, 0.4) is 0 Å². The van der Waals surface area contributed by atoms with Crippen LogP contribution in [0.15, 0.2) is 71.8 Å². The number of carbonyl (C=O) groups excluding carboxylic acids is 1. The second-order valence-electron chi connectivity index (χ2n) is 8.42. The fourth-order valence-corrected chi connectivity index (χ4v) is 4.27. The molecule has 2 aromatic carbocycles. The van der Waals surface area contributed by atoms with Crippen LogP contribution in [0.4, 0.5) is 0 Å². The molecule has 0 saturated heterocycles. The van der Waals surface area contributed by atoms with E-state index in [0.717, 1.165) is 0 Å². The van der Waals surface area contributed by atoms with Crippen LogP contribution in [0.5, 0.6) is 0 Å². The highest BCUT2D eigenvalue weighted by Crippen LogP contribution is 2.21. The number of ether oxygens (including phenoxy) is 1. The van der Waals surface area contributed by atoms with E-state index in [2.05, 4.69) is 27.2 Å². The summed E-state index contributed by atoms with van der Waals surface area (Å²) in [6, 6.07) is 15.7. The van der Waals surface area contributed by atoms with E-state index in [1.54, 1.807) is 62.1 Å². The van der Waals surface area contributed by atoms with Gasteiger partial charge in [-0.3, -0.25) is 14.2 Å². The van der Waals surface area contributed by atoms with Crippen molar-refractivity contribution in [3.63, 3.8) is 0 Å². The molecule has 1 atom stereocenters. The van der Waals surface area contributed by atoms with Gasteiger partial charge in [0.2, 0.25) is 0 Å². The van der Waals surface area contributed by atoms with E-state index in [9.17, 15) is 9.59 Å². The Morgan fingerprint density at radius 3 is 2.73 bits per heavy atom. The molecule has 0 aliphatic heterocycles. The summed E-state index contributed by atoms with van der Waals surface area (Å²) in [5, 5.41) is 7.77. The highest BCUT2D eigenvalue weighted by molar-refractivity contribution is 6.01. The van der Waals surface area contributed by atoms with Gasteiger partial charge in [-0.2, -0.15) is 5.10 Å². The van der Waals surface area contributed by atoms with Gasteiger partial charge in [-0.1, -0.05) is 36.1 Å². The maximum atomic E-state index is 13.9. The average molecular weight is 493 g/mol. The molecule has 1 amide bonds. The van der Waals surface area contributed by atoms with E-state index < -0.39 is 6.04 Å². The summed E-state index contributed by atoms with van der Waals surface area (Å²) in [6.45, 7) is 3.80. The number of rotatable bonds is 5. The van der Waals surface area contributed by atoms with E-state index in [4.69, 9.17) is 9.72 Å². The number of fused-ring (bicyclic) bond motifs is 2. The second kappa shape index (κ2) is 10.0. The Morgan fingerprint density at radius 1 is 1.14 bits per heavy atom. The van der Waals surface area contributed by atoms with Crippen molar-refractivity contribution in [3.05, 3.63) is 100.0 Å². The number of amides is 1. The predicted octanol–water partition coefficient (Wildman–Crippen LogP) is 3.23. The fraction of sp³-hybridized carbons (Fsp3) is 0.179. The Hall–Kier alpha value is -4.81. The Balaban J connectivity index is 1.64. The second-order valence-corrected chi connectivity index (χ2v) is 8.42. The third-order valence-corrected chi connectivity index (χ3v) is 5.91. The number of nitrogens with zero attached hydrogens (tertiary/aromatic N) is 5. The third-order valence-electron chi connectivity index (χ3n) is 5.91. The molecule has 5 rings (SSSR count). The first-order valence-corrected chi connectivity index (χ1v) is 11.7. The van der Waals surface area contributed by atoms with Gasteiger partial charge in [-0.15, -0.1) is 0 Å². The molecule has 184 valence electrons. The van der Waals surface area contributed by atoms with E-state index in [-0.39, 0.29) is 18.1 Å². The molecule has 9 heteroatoms. The number of aromatic nitrogens is 5. The Kier molecular flexibility index (Phi) is 6.49. The van der Waals surface area contributed by atoms with Gasteiger partial charge in [0.25, 0.3) is 11.5 Å². The topological polar surface area (TPSA) is 103 Å². The van der Waals surface area contributed by atoms with Gasteiger partial charge < -0.3 is 10.1 Å². The SMILES string of the molecule is COCC#Cc1cccc2nc([C@H](C)NC(=O)c3c(C)nn4cccnc34)n(-c3ccccc3)c(=O)c12. The molecule has 3 aromatic heterocycles. The summed E-state index contributed by atoms with van der Waals surface area (Å²) in [5.74, 6) is 5.96. The van der Waals surface area contributed by atoms with Crippen molar-refractivity contribution in [1.29, 1.82) is 0 Å². The van der Waals surface area contributed by atoms with Crippen LogP contribution in [-0.4, -0.2) is 43.8 Å². The average Bonchev–Trinajstić information content (AvgIpc) is 3.24. The van der Waals surface area contributed by atoms with Crippen LogP contribution in [0, 0.1) is 18.8 Å². The number of para-hydroxylation sites is 1. The molecule has 9 nitrogen and oxygen atoms in total. The fourth-order valence-electron chi connectivity index (χ4n) is 4.27. The first-order valence-electron chi connectivity index (χ1n) is 11.7. The van der Waals surface area contributed by atoms with Gasteiger partial charge in [-0.25, -0.2) is 14.5 Å². The highest BCUT2D eigenvalue weighted by atomic mass is 16.5. The van der Waals surface area contributed by atoms with Crippen molar-refractivity contribution >= 4 is 22.5 Å². The predicted molar refractivity (Wildman–Crippen MR) is 140 cm³/mol. The van der Waals surface area contributed by atoms with Crippen molar-refractivity contribution in [3.8, 4) is 17.5 Å². The molecule has 0 unspecified atom stereocenters.